The van der Waals surface area contributed by atoms with Gasteiger partial charge in [0.2, 0.25) is 0 Å². The number of ether oxygens (including phenoxy) is 1. The number of Topliss-reactive ketones (excluding diaryl/α,β-unsaturated/α-hetero) is 3. The predicted molar refractivity (Wildman–Crippen MR) is 58.2 cm³/mol. The van der Waals surface area contributed by atoms with Crippen LogP contribution in [0.15, 0.2) is 0 Å². The lowest BCUT2D eigenvalue weighted by Crippen LogP contribution is -2.44. The first-order valence-electron chi connectivity index (χ1n) is 5.55. The van der Waals surface area contributed by atoms with Crippen LogP contribution in [0.3, 0.4) is 0 Å². The van der Waals surface area contributed by atoms with Gasteiger partial charge in [-0.2, -0.15) is 0 Å². The largest absolute Gasteiger partial charge is 0.460 e. The van der Waals surface area contributed by atoms with E-state index in [2.05, 4.69) is 4.74 Å². The highest BCUT2D eigenvalue weighted by molar-refractivity contribution is 6.44. The van der Waals surface area contributed by atoms with Gasteiger partial charge in [0.15, 0.2) is 11.6 Å². The van der Waals surface area contributed by atoms with E-state index in [0.29, 0.717) is 0 Å². The van der Waals surface area contributed by atoms with E-state index in [1.807, 2.05) is 0 Å². The number of carbonyl (C=O) groups excluding carboxylic acids is 4. The van der Waals surface area contributed by atoms with Crippen molar-refractivity contribution >= 4 is 23.3 Å². The van der Waals surface area contributed by atoms with Gasteiger partial charge in [0, 0.05) is 12.8 Å². The fourth-order valence-electron chi connectivity index (χ4n) is 2.00. The quantitative estimate of drug-likeness (QED) is 0.412. The van der Waals surface area contributed by atoms with Crippen LogP contribution in [-0.2, 0) is 23.9 Å². The Morgan fingerprint density at radius 3 is 2.12 bits per heavy atom. The third-order valence-corrected chi connectivity index (χ3v) is 2.69. The molecule has 0 N–H and O–H groups in total. The summed E-state index contributed by atoms with van der Waals surface area (Å²) in [5.74, 6) is -4.54. The molecule has 5 heteroatoms. The first-order valence-corrected chi connectivity index (χ1v) is 5.55. The van der Waals surface area contributed by atoms with Crippen LogP contribution in [0.1, 0.15) is 33.6 Å². The van der Waals surface area contributed by atoms with Crippen molar-refractivity contribution in [2.45, 2.75) is 33.6 Å². The molecule has 1 aliphatic carbocycles. The number of ketones is 3. The van der Waals surface area contributed by atoms with E-state index < -0.39 is 34.7 Å². The molecule has 0 bridgehead atoms. The second-order valence-corrected chi connectivity index (χ2v) is 4.97. The highest BCUT2D eigenvalue weighted by atomic mass is 16.5. The van der Waals surface area contributed by atoms with Crippen LogP contribution in [0.25, 0.3) is 0 Å². The molecule has 1 rings (SSSR count). The molecule has 1 fully saturated rings. The monoisotopic (exact) mass is 240 g/mol. The number of hydrogen-bond acceptors (Lipinski definition) is 5. The Morgan fingerprint density at radius 1 is 1.24 bits per heavy atom. The molecule has 0 atom stereocenters. The van der Waals surface area contributed by atoms with E-state index >= 15 is 0 Å². The Morgan fingerprint density at radius 2 is 1.71 bits per heavy atom. The van der Waals surface area contributed by atoms with Crippen molar-refractivity contribution in [3.05, 3.63) is 0 Å². The second kappa shape index (κ2) is 4.77. The zero-order chi connectivity index (χ0) is 13.2. The van der Waals surface area contributed by atoms with Crippen LogP contribution >= 0.6 is 0 Å². The first kappa shape index (κ1) is 13.5. The SMILES string of the molecule is CCOC(=O)C(=O)C1C(=O)CC(C)(C)CC1=O. The number of esters is 1. The molecule has 0 saturated heterocycles. The summed E-state index contributed by atoms with van der Waals surface area (Å²) in [6.07, 6.45) is 0.267. The lowest BCUT2D eigenvalue weighted by molar-refractivity contribution is -0.160. The van der Waals surface area contributed by atoms with Crippen molar-refractivity contribution in [3.63, 3.8) is 0 Å². The van der Waals surface area contributed by atoms with Gasteiger partial charge in [-0.15, -0.1) is 0 Å². The predicted octanol–water partition coefficient (Wildman–Crippen LogP) is 0.693. The van der Waals surface area contributed by atoms with Gasteiger partial charge < -0.3 is 4.74 Å². The topological polar surface area (TPSA) is 77.5 Å². The number of hydrogen-bond donors (Lipinski definition) is 0. The van der Waals surface area contributed by atoms with E-state index in [1.165, 1.54) is 0 Å². The van der Waals surface area contributed by atoms with Crippen LogP contribution in [-0.4, -0.2) is 29.9 Å². The number of carbonyl (C=O) groups is 4. The molecule has 0 radical (unpaired) electrons. The maximum Gasteiger partial charge on any atom is 0.375 e. The van der Waals surface area contributed by atoms with Crippen LogP contribution in [0.4, 0.5) is 0 Å². The summed E-state index contributed by atoms with van der Waals surface area (Å²) in [5, 5.41) is 0. The number of rotatable bonds is 3. The van der Waals surface area contributed by atoms with Crippen LogP contribution in [0, 0.1) is 11.3 Å². The van der Waals surface area contributed by atoms with Crippen LogP contribution in [0.2, 0.25) is 0 Å². The maximum absolute atomic E-state index is 11.7. The lowest BCUT2D eigenvalue weighted by atomic mass is 9.70. The molecule has 0 unspecified atom stereocenters. The van der Waals surface area contributed by atoms with Gasteiger partial charge in [0.05, 0.1) is 6.61 Å². The van der Waals surface area contributed by atoms with Crippen molar-refractivity contribution in [2.75, 3.05) is 6.61 Å². The molecule has 1 saturated carbocycles. The van der Waals surface area contributed by atoms with E-state index in [0.717, 1.165) is 0 Å². The minimum absolute atomic E-state index is 0.0468. The standard InChI is InChI=1S/C12H16O5/c1-4-17-11(16)10(15)9-7(13)5-12(2,3)6-8(9)14/h9H,4-6H2,1-3H3. The Bertz CT molecular complexity index is 360. The second-order valence-electron chi connectivity index (χ2n) is 4.97. The molecule has 0 spiro atoms. The Labute approximate surface area is 99.5 Å². The van der Waals surface area contributed by atoms with Gasteiger partial charge in [-0.25, -0.2) is 4.79 Å². The van der Waals surface area contributed by atoms with Crippen molar-refractivity contribution < 1.29 is 23.9 Å². The molecular weight excluding hydrogens is 224 g/mol. The van der Waals surface area contributed by atoms with Crippen LogP contribution < -0.4 is 0 Å². The zero-order valence-corrected chi connectivity index (χ0v) is 10.2. The van der Waals surface area contributed by atoms with Gasteiger partial charge in [-0.1, -0.05) is 13.8 Å². The van der Waals surface area contributed by atoms with Gasteiger partial charge in [0.1, 0.15) is 5.92 Å². The minimum Gasteiger partial charge on any atom is -0.460 e. The van der Waals surface area contributed by atoms with Gasteiger partial charge in [0.25, 0.3) is 5.78 Å². The molecule has 0 aromatic heterocycles. The molecular formula is C12H16O5. The summed E-state index contributed by atoms with van der Waals surface area (Å²) >= 11 is 0. The fraction of sp³-hybridized carbons (Fsp3) is 0.667. The van der Waals surface area contributed by atoms with E-state index in [9.17, 15) is 19.2 Å². The molecule has 17 heavy (non-hydrogen) atoms. The molecule has 94 valence electrons. The zero-order valence-electron chi connectivity index (χ0n) is 10.2. The maximum atomic E-state index is 11.7. The normalized spacial score (nSPS) is 20.2. The van der Waals surface area contributed by atoms with Gasteiger partial charge >= 0.3 is 5.97 Å². The van der Waals surface area contributed by atoms with Crippen molar-refractivity contribution in [2.24, 2.45) is 11.3 Å². The Balaban J connectivity index is 2.85. The lowest BCUT2D eigenvalue weighted by Gasteiger charge is -2.30. The summed E-state index contributed by atoms with van der Waals surface area (Å²) < 4.78 is 4.51. The van der Waals surface area contributed by atoms with E-state index in [-0.39, 0.29) is 19.4 Å². The molecule has 0 heterocycles. The first-order chi connectivity index (χ1) is 7.78. The molecule has 1 aliphatic rings. The smallest absolute Gasteiger partial charge is 0.375 e. The fourth-order valence-corrected chi connectivity index (χ4v) is 2.00. The third kappa shape index (κ3) is 2.99. The molecule has 0 amide bonds. The highest BCUT2D eigenvalue weighted by Gasteiger charge is 2.45. The van der Waals surface area contributed by atoms with E-state index in [1.54, 1.807) is 20.8 Å². The summed E-state index contributed by atoms with van der Waals surface area (Å²) in [6, 6.07) is 0. The van der Waals surface area contributed by atoms with E-state index in [4.69, 9.17) is 0 Å². The Kier molecular flexibility index (Phi) is 3.80. The average molecular weight is 240 g/mol. The minimum atomic E-state index is -1.44. The summed E-state index contributed by atoms with van der Waals surface area (Å²) in [5.41, 5.74) is -0.431. The summed E-state index contributed by atoms with van der Waals surface area (Å²) in [7, 11) is 0. The Hall–Kier alpha value is -1.52. The van der Waals surface area contributed by atoms with Crippen molar-refractivity contribution in [1.29, 1.82) is 0 Å². The molecule has 0 aliphatic heterocycles. The summed E-state index contributed by atoms with van der Waals surface area (Å²) in [4.78, 5) is 46.3. The van der Waals surface area contributed by atoms with Crippen LogP contribution in [0.5, 0.6) is 0 Å². The molecule has 0 aromatic carbocycles. The average Bonchev–Trinajstić information content (AvgIpc) is 2.14. The van der Waals surface area contributed by atoms with Gasteiger partial charge in [-0.3, -0.25) is 14.4 Å². The van der Waals surface area contributed by atoms with Crippen molar-refractivity contribution in [3.8, 4) is 0 Å². The molecule has 0 aromatic rings. The highest BCUT2D eigenvalue weighted by Crippen LogP contribution is 2.34. The van der Waals surface area contributed by atoms with Gasteiger partial charge in [-0.05, 0) is 12.3 Å². The molecule has 5 nitrogen and oxygen atoms in total. The van der Waals surface area contributed by atoms with Crippen molar-refractivity contribution in [1.82, 2.24) is 0 Å². The third-order valence-electron chi connectivity index (χ3n) is 2.69. The summed E-state index contributed by atoms with van der Waals surface area (Å²) in [6.45, 7) is 5.17.